The van der Waals surface area contributed by atoms with E-state index in [2.05, 4.69) is 0 Å². The fourth-order valence-corrected chi connectivity index (χ4v) is 2.74. The Kier molecular flexibility index (Phi) is 3.53. The van der Waals surface area contributed by atoms with E-state index in [1.165, 1.54) is 6.07 Å². The number of rotatable bonds is 3. The van der Waals surface area contributed by atoms with E-state index in [1.54, 1.807) is 26.0 Å². The van der Waals surface area contributed by atoms with Gasteiger partial charge in [-0.05, 0) is 43.2 Å². The number of benzene rings is 2. The first-order valence-electron chi connectivity index (χ1n) is 7.45. The highest BCUT2D eigenvalue weighted by Crippen LogP contribution is 2.28. The van der Waals surface area contributed by atoms with Gasteiger partial charge >= 0.3 is 0 Å². The van der Waals surface area contributed by atoms with Gasteiger partial charge in [0.15, 0.2) is 0 Å². The highest BCUT2D eigenvalue weighted by atomic mass is 19.1. The molecule has 0 bridgehead atoms. The average Bonchev–Trinajstić information content (AvgIpc) is 2.89. The van der Waals surface area contributed by atoms with Crippen LogP contribution < -0.4 is 0 Å². The summed E-state index contributed by atoms with van der Waals surface area (Å²) in [7, 11) is 0. The Morgan fingerprint density at radius 2 is 1.64 bits per heavy atom. The van der Waals surface area contributed by atoms with E-state index in [9.17, 15) is 9.50 Å². The van der Waals surface area contributed by atoms with Gasteiger partial charge in [-0.1, -0.05) is 36.4 Å². The number of halogens is 1. The number of fused-ring (bicyclic) bond motifs is 1. The number of hydrogen-bond donors (Lipinski definition) is 1. The molecule has 3 heteroatoms. The maximum atomic E-state index is 14.4. The summed E-state index contributed by atoms with van der Waals surface area (Å²) in [5.74, 6) is -0.287. The highest BCUT2D eigenvalue weighted by molar-refractivity contribution is 5.82. The van der Waals surface area contributed by atoms with Crippen molar-refractivity contribution in [3.63, 3.8) is 0 Å². The molecule has 1 N–H and O–H groups in total. The van der Waals surface area contributed by atoms with Crippen LogP contribution in [0.2, 0.25) is 0 Å². The third-order valence-electron chi connectivity index (χ3n) is 4.18. The molecule has 1 heterocycles. The van der Waals surface area contributed by atoms with Crippen molar-refractivity contribution in [2.75, 3.05) is 0 Å². The lowest BCUT2D eigenvalue weighted by molar-refractivity contribution is 0.0782. The normalized spacial score (nSPS) is 13.5. The van der Waals surface area contributed by atoms with Crippen LogP contribution in [0.15, 0.2) is 54.9 Å². The molecule has 3 rings (SSSR count). The van der Waals surface area contributed by atoms with E-state index in [0.29, 0.717) is 11.1 Å². The molecule has 0 amide bonds. The molecule has 0 spiro atoms. The molecule has 1 atom stereocenters. The smallest absolute Gasteiger partial charge is 0.128 e. The van der Waals surface area contributed by atoms with E-state index in [0.717, 1.165) is 10.8 Å². The van der Waals surface area contributed by atoms with Crippen molar-refractivity contribution >= 4 is 10.8 Å². The lowest BCUT2D eigenvalue weighted by Gasteiger charge is -2.20. The summed E-state index contributed by atoms with van der Waals surface area (Å²) < 4.78 is 16.5. The summed E-state index contributed by atoms with van der Waals surface area (Å²) in [6.45, 7) is 5.29. The van der Waals surface area contributed by atoms with E-state index in [1.807, 2.05) is 48.1 Å². The number of aromatic nitrogens is 1. The van der Waals surface area contributed by atoms with Crippen LogP contribution >= 0.6 is 0 Å². The molecule has 114 valence electrons. The van der Waals surface area contributed by atoms with Crippen LogP contribution in [0.1, 0.15) is 37.9 Å². The largest absolute Gasteiger partial charge is 0.386 e. The van der Waals surface area contributed by atoms with E-state index < -0.39 is 5.60 Å². The van der Waals surface area contributed by atoms with E-state index in [-0.39, 0.29) is 11.9 Å². The van der Waals surface area contributed by atoms with Gasteiger partial charge in [0.2, 0.25) is 0 Å². The summed E-state index contributed by atoms with van der Waals surface area (Å²) >= 11 is 0. The lowest BCUT2D eigenvalue weighted by atomic mass is 9.95. The Balaban J connectivity index is 1.99. The summed E-state index contributed by atoms with van der Waals surface area (Å²) in [5.41, 5.74) is 0.164. The minimum absolute atomic E-state index is 0.108. The second-order valence-electron chi connectivity index (χ2n) is 6.31. The molecular formula is C19H20FNO. The van der Waals surface area contributed by atoms with Crippen molar-refractivity contribution < 1.29 is 9.50 Å². The molecule has 0 saturated carbocycles. The Labute approximate surface area is 129 Å². The summed E-state index contributed by atoms with van der Waals surface area (Å²) in [4.78, 5) is 0. The Hall–Kier alpha value is -2.13. The van der Waals surface area contributed by atoms with Gasteiger partial charge in [0.1, 0.15) is 5.82 Å². The molecule has 0 saturated heterocycles. The second-order valence-corrected chi connectivity index (χ2v) is 6.31. The minimum atomic E-state index is -1.04. The van der Waals surface area contributed by atoms with Crippen LogP contribution in [-0.4, -0.2) is 9.67 Å². The van der Waals surface area contributed by atoms with E-state index in [4.69, 9.17) is 0 Å². The zero-order chi connectivity index (χ0) is 15.9. The van der Waals surface area contributed by atoms with Crippen molar-refractivity contribution in [1.29, 1.82) is 0 Å². The van der Waals surface area contributed by atoms with Crippen LogP contribution in [0.3, 0.4) is 0 Å². The number of aliphatic hydroxyl groups is 1. The molecular weight excluding hydrogens is 277 g/mol. The van der Waals surface area contributed by atoms with Crippen molar-refractivity contribution in [3.05, 3.63) is 71.8 Å². The van der Waals surface area contributed by atoms with Crippen molar-refractivity contribution in [3.8, 4) is 0 Å². The van der Waals surface area contributed by atoms with Gasteiger partial charge in [-0.3, -0.25) is 0 Å². The van der Waals surface area contributed by atoms with Crippen molar-refractivity contribution in [1.82, 2.24) is 4.57 Å². The van der Waals surface area contributed by atoms with Crippen LogP contribution in [0.5, 0.6) is 0 Å². The molecule has 0 aliphatic carbocycles. The quantitative estimate of drug-likeness (QED) is 0.750. The molecule has 0 aliphatic rings. The minimum Gasteiger partial charge on any atom is -0.386 e. The molecule has 2 aromatic carbocycles. The van der Waals surface area contributed by atoms with Gasteiger partial charge in [0.25, 0.3) is 0 Å². The van der Waals surface area contributed by atoms with Crippen LogP contribution in [-0.2, 0) is 5.60 Å². The zero-order valence-electron chi connectivity index (χ0n) is 13.0. The van der Waals surface area contributed by atoms with Crippen LogP contribution in [0, 0.1) is 5.82 Å². The monoisotopic (exact) mass is 297 g/mol. The highest BCUT2D eigenvalue weighted by Gasteiger charge is 2.20. The summed E-state index contributed by atoms with van der Waals surface area (Å²) in [6.07, 6.45) is 4.06. The summed E-state index contributed by atoms with van der Waals surface area (Å²) in [5, 5.41) is 12.3. The van der Waals surface area contributed by atoms with Gasteiger partial charge in [0.05, 0.1) is 11.6 Å². The predicted octanol–water partition coefficient (Wildman–Crippen LogP) is 4.62. The van der Waals surface area contributed by atoms with Crippen molar-refractivity contribution in [2.24, 2.45) is 0 Å². The first-order valence-corrected chi connectivity index (χ1v) is 7.45. The fourth-order valence-electron chi connectivity index (χ4n) is 2.74. The SMILES string of the molecule is CC(c1ccc(C(C)(C)O)cc1F)n1cc2ccccc2c1. The maximum absolute atomic E-state index is 14.4. The Morgan fingerprint density at radius 3 is 2.14 bits per heavy atom. The van der Waals surface area contributed by atoms with Gasteiger partial charge in [0, 0.05) is 18.0 Å². The molecule has 3 aromatic rings. The third-order valence-corrected chi connectivity index (χ3v) is 4.18. The van der Waals surface area contributed by atoms with Crippen LogP contribution in [0.25, 0.3) is 10.8 Å². The Morgan fingerprint density at radius 1 is 1.05 bits per heavy atom. The fraction of sp³-hybridized carbons (Fsp3) is 0.263. The molecule has 0 radical (unpaired) electrons. The van der Waals surface area contributed by atoms with Gasteiger partial charge in [-0.2, -0.15) is 0 Å². The predicted molar refractivity (Wildman–Crippen MR) is 87.4 cm³/mol. The third kappa shape index (κ3) is 2.64. The first-order chi connectivity index (χ1) is 10.4. The maximum Gasteiger partial charge on any atom is 0.128 e. The molecule has 1 aromatic heterocycles. The van der Waals surface area contributed by atoms with Gasteiger partial charge in [-0.15, -0.1) is 0 Å². The van der Waals surface area contributed by atoms with Gasteiger partial charge in [-0.25, -0.2) is 4.39 Å². The standard InChI is InChI=1S/C19H20FNO/c1-13(21-11-14-6-4-5-7-15(14)12-21)17-9-8-16(10-18(17)20)19(2,3)22/h4-13,22H,1-3H3. The van der Waals surface area contributed by atoms with Gasteiger partial charge < -0.3 is 9.67 Å². The van der Waals surface area contributed by atoms with Crippen LogP contribution in [0.4, 0.5) is 4.39 Å². The topological polar surface area (TPSA) is 25.2 Å². The zero-order valence-corrected chi connectivity index (χ0v) is 13.0. The average molecular weight is 297 g/mol. The summed E-state index contributed by atoms with van der Waals surface area (Å²) in [6, 6.07) is 13.0. The Bertz CT molecular complexity index is 781. The molecule has 22 heavy (non-hydrogen) atoms. The van der Waals surface area contributed by atoms with Crippen molar-refractivity contribution in [2.45, 2.75) is 32.4 Å². The second kappa shape index (κ2) is 5.25. The molecule has 2 nitrogen and oxygen atoms in total. The molecule has 1 unspecified atom stereocenters. The number of hydrogen-bond acceptors (Lipinski definition) is 1. The number of nitrogens with zero attached hydrogens (tertiary/aromatic N) is 1. The lowest BCUT2D eigenvalue weighted by Crippen LogP contribution is -2.16. The molecule has 0 fully saturated rings. The molecule has 0 aliphatic heterocycles. The first kappa shape index (κ1) is 14.8. The van der Waals surface area contributed by atoms with E-state index >= 15 is 0 Å².